The van der Waals surface area contributed by atoms with Gasteiger partial charge in [0.25, 0.3) is 0 Å². The van der Waals surface area contributed by atoms with E-state index in [1.807, 2.05) is 32.0 Å². The van der Waals surface area contributed by atoms with Gasteiger partial charge in [0.05, 0.1) is 12.1 Å². The standard InChI is InChI=1S/C13H15N3OS/c1-8-3-4-11(9(2)5-8)16-12(17)6-10-7-18-13(14)15-10/h3-5,7H,6H2,1-2H3,(H2,14,15)(H,16,17). The number of rotatable bonds is 3. The van der Waals surface area contributed by atoms with Crippen molar-refractivity contribution in [1.82, 2.24) is 4.98 Å². The van der Waals surface area contributed by atoms with E-state index in [0.29, 0.717) is 10.8 Å². The summed E-state index contributed by atoms with van der Waals surface area (Å²) in [6.45, 7) is 4.00. The molecule has 2 rings (SSSR count). The number of nitrogens with one attached hydrogen (secondary N) is 1. The third-order valence-corrected chi connectivity index (χ3v) is 3.29. The number of thiazole rings is 1. The molecule has 1 heterocycles. The third-order valence-electron chi connectivity index (χ3n) is 2.57. The van der Waals surface area contributed by atoms with Gasteiger partial charge in [-0.05, 0) is 25.5 Å². The van der Waals surface area contributed by atoms with Gasteiger partial charge in [-0.15, -0.1) is 11.3 Å². The molecule has 0 fully saturated rings. The highest BCUT2D eigenvalue weighted by molar-refractivity contribution is 7.13. The lowest BCUT2D eigenvalue weighted by Crippen LogP contribution is -2.15. The van der Waals surface area contributed by atoms with Crippen LogP contribution >= 0.6 is 11.3 Å². The minimum absolute atomic E-state index is 0.0766. The van der Waals surface area contributed by atoms with Gasteiger partial charge in [-0.2, -0.15) is 0 Å². The summed E-state index contributed by atoms with van der Waals surface area (Å²) >= 11 is 1.34. The van der Waals surface area contributed by atoms with Crippen molar-refractivity contribution in [2.24, 2.45) is 0 Å². The summed E-state index contributed by atoms with van der Waals surface area (Å²) in [6, 6.07) is 5.93. The lowest BCUT2D eigenvalue weighted by atomic mass is 10.1. The molecule has 1 aromatic heterocycles. The maximum absolute atomic E-state index is 11.8. The number of nitrogen functional groups attached to an aromatic ring is 1. The van der Waals surface area contributed by atoms with Crippen LogP contribution in [0.1, 0.15) is 16.8 Å². The van der Waals surface area contributed by atoms with E-state index in [1.54, 1.807) is 5.38 Å². The van der Waals surface area contributed by atoms with Gasteiger partial charge >= 0.3 is 0 Å². The fourth-order valence-corrected chi connectivity index (χ4v) is 2.28. The van der Waals surface area contributed by atoms with E-state index in [4.69, 9.17) is 5.73 Å². The van der Waals surface area contributed by atoms with Crippen LogP contribution in [0, 0.1) is 13.8 Å². The van der Waals surface area contributed by atoms with Crippen molar-refractivity contribution in [1.29, 1.82) is 0 Å². The zero-order valence-electron chi connectivity index (χ0n) is 10.4. The number of nitrogens with zero attached hydrogens (tertiary/aromatic N) is 1. The van der Waals surface area contributed by atoms with Crippen molar-refractivity contribution in [3.05, 3.63) is 40.4 Å². The maximum atomic E-state index is 11.8. The van der Waals surface area contributed by atoms with E-state index in [9.17, 15) is 4.79 Å². The molecule has 0 aliphatic heterocycles. The van der Waals surface area contributed by atoms with Crippen LogP contribution in [0.4, 0.5) is 10.8 Å². The molecule has 1 aromatic carbocycles. The predicted molar refractivity (Wildman–Crippen MR) is 74.8 cm³/mol. The van der Waals surface area contributed by atoms with Crippen molar-refractivity contribution >= 4 is 28.1 Å². The number of aromatic nitrogens is 1. The Kier molecular flexibility index (Phi) is 3.62. The Labute approximate surface area is 110 Å². The second-order valence-electron chi connectivity index (χ2n) is 4.22. The number of anilines is 2. The van der Waals surface area contributed by atoms with Crippen LogP contribution < -0.4 is 11.1 Å². The van der Waals surface area contributed by atoms with Gasteiger partial charge in [-0.25, -0.2) is 4.98 Å². The molecule has 4 nitrogen and oxygen atoms in total. The number of benzene rings is 1. The molecule has 0 aliphatic carbocycles. The van der Waals surface area contributed by atoms with Crippen LogP contribution in [0.2, 0.25) is 0 Å². The zero-order chi connectivity index (χ0) is 13.1. The molecule has 0 bridgehead atoms. The minimum Gasteiger partial charge on any atom is -0.375 e. The SMILES string of the molecule is Cc1ccc(NC(=O)Cc2csc(N)n2)c(C)c1. The summed E-state index contributed by atoms with van der Waals surface area (Å²) in [5.41, 5.74) is 9.31. The molecule has 94 valence electrons. The summed E-state index contributed by atoms with van der Waals surface area (Å²) < 4.78 is 0. The lowest BCUT2D eigenvalue weighted by molar-refractivity contribution is -0.115. The van der Waals surface area contributed by atoms with Crippen LogP contribution in [0.5, 0.6) is 0 Å². The van der Waals surface area contributed by atoms with Gasteiger partial charge in [0.2, 0.25) is 5.91 Å². The highest BCUT2D eigenvalue weighted by Crippen LogP contribution is 2.17. The van der Waals surface area contributed by atoms with Gasteiger partial charge in [0.15, 0.2) is 5.13 Å². The van der Waals surface area contributed by atoms with Crippen LogP contribution in [0.25, 0.3) is 0 Å². The van der Waals surface area contributed by atoms with E-state index in [1.165, 1.54) is 16.9 Å². The minimum atomic E-state index is -0.0766. The first-order valence-corrected chi connectivity index (χ1v) is 6.49. The number of nitrogens with two attached hydrogens (primary N) is 1. The molecule has 0 unspecified atom stereocenters. The number of amides is 1. The van der Waals surface area contributed by atoms with Crippen molar-refractivity contribution in [3.8, 4) is 0 Å². The van der Waals surface area contributed by atoms with E-state index in [-0.39, 0.29) is 12.3 Å². The first-order chi connectivity index (χ1) is 8.54. The zero-order valence-corrected chi connectivity index (χ0v) is 11.2. The second kappa shape index (κ2) is 5.18. The van der Waals surface area contributed by atoms with E-state index < -0.39 is 0 Å². The lowest BCUT2D eigenvalue weighted by Gasteiger charge is -2.08. The van der Waals surface area contributed by atoms with Crippen LogP contribution in [-0.4, -0.2) is 10.9 Å². The Balaban J connectivity index is 2.03. The highest BCUT2D eigenvalue weighted by Gasteiger charge is 2.08. The van der Waals surface area contributed by atoms with Crippen molar-refractivity contribution in [3.63, 3.8) is 0 Å². The normalized spacial score (nSPS) is 10.3. The Morgan fingerprint density at radius 2 is 2.22 bits per heavy atom. The molecule has 18 heavy (non-hydrogen) atoms. The largest absolute Gasteiger partial charge is 0.375 e. The summed E-state index contributed by atoms with van der Waals surface area (Å²) in [6.07, 6.45) is 0.251. The number of carbonyl (C=O) groups excluding carboxylic acids is 1. The third kappa shape index (κ3) is 3.07. The highest BCUT2D eigenvalue weighted by atomic mass is 32.1. The molecule has 1 amide bonds. The summed E-state index contributed by atoms with van der Waals surface area (Å²) in [4.78, 5) is 15.9. The fourth-order valence-electron chi connectivity index (χ4n) is 1.72. The predicted octanol–water partition coefficient (Wildman–Crippen LogP) is 2.52. The smallest absolute Gasteiger partial charge is 0.230 e. The Morgan fingerprint density at radius 1 is 1.44 bits per heavy atom. The van der Waals surface area contributed by atoms with Crippen molar-refractivity contribution < 1.29 is 4.79 Å². The van der Waals surface area contributed by atoms with Crippen molar-refractivity contribution in [2.75, 3.05) is 11.1 Å². The molecular formula is C13H15N3OS. The average molecular weight is 261 g/mol. The first-order valence-electron chi connectivity index (χ1n) is 5.61. The Bertz CT molecular complexity index is 577. The summed E-state index contributed by atoms with van der Waals surface area (Å²) in [5.74, 6) is -0.0766. The quantitative estimate of drug-likeness (QED) is 0.892. The van der Waals surface area contributed by atoms with Gasteiger partial charge in [0, 0.05) is 11.1 Å². The number of hydrogen-bond donors (Lipinski definition) is 2. The Morgan fingerprint density at radius 3 is 2.83 bits per heavy atom. The van der Waals surface area contributed by atoms with E-state index in [0.717, 1.165) is 11.3 Å². The second-order valence-corrected chi connectivity index (χ2v) is 5.11. The number of hydrogen-bond acceptors (Lipinski definition) is 4. The van der Waals surface area contributed by atoms with Gasteiger partial charge < -0.3 is 11.1 Å². The summed E-state index contributed by atoms with van der Waals surface area (Å²) in [7, 11) is 0. The maximum Gasteiger partial charge on any atom is 0.230 e. The van der Waals surface area contributed by atoms with E-state index >= 15 is 0 Å². The first kappa shape index (κ1) is 12.6. The summed E-state index contributed by atoms with van der Waals surface area (Å²) in [5, 5.41) is 5.17. The van der Waals surface area contributed by atoms with Crippen LogP contribution in [0.3, 0.4) is 0 Å². The van der Waals surface area contributed by atoms with Crippen molar-refractivity contribution in [2.45, 2.75) is 20.3 Å². The molecule has 5 heteroatoms. The van der Waals surface area contributed by atoms with Crippen LogP contribution in [-0.2, 0) is 11.2 Å². The molecule has 0 radical (unpaired) electrons. The van der Waals surface area contributed by atoms with E-state index in [2.05, 4.69) is 10.3 Å². The van der Waals surface area contributed by atoms with Gasteiger partial charge in [-0.1, -0.05) is 17.7 Å². The molecule has 0 spiro atoms. The van der Waals surface area contributed by atoms with Gasteiger partial charge in [-0.3, -0.25) is 4.79 Å². The molecular weight excluding hydrogens is 246 g/mol. The molecule has 2 aromatic rings. The topological polar surface area (TPSA) is 68.0 Å². The van der Waals surface area contributed by atoms with Crippen LogP contribution in [0.15, 0.2) is 23.6 Å². The van der Waals surface area contributed by atoms with Gasteiger partial charge in [0.1, 0.15) is 0 Å². The monoisotopic (exact) mass is 261 g/mol. The fraction of sp³-hybridized carbons (Fsp3) is 0.231. The molecule has 0 saturated heterocycles. The molecule has 0 atom stereocenters. The average Bonchev–Trinajstić information content (AvgIpc) is 2.68. The number of aryl methyl sites for hydroxylation is 2. The molecule has 0 aliphatic rings. The molecule has 0 saturated carbocycles. The Hall–Kier alpha value is -1.88. The number of carbonyl (C=O) groups is 1. The molecule has 3 N–H and O–H groups in total.